The predicted octanol–water partition coefficient (Wildman–Crippen LogP) is 1.20. The first-order chi connectivity index (χ1) is 8.00. The molecule has 0 fully saturated rings. The van der Waals surface area contributed by atoms with E-state index in [0.29, 0.717) is 11.3 Å². The van der Waals surface area contributed by atoms with Crippen LogP contribution >= 0.6 is 0 Å². The Hall–Kier alpha value is -2.50. The molecule has 1 aromatic heterocycles. The van der Waals surface area contributed by atoms with E-state index in [2.05, 4.69) is 5.10 Å². The molecule has 0 saturated carbocycles. The molecule has 0 bridgehead atoms. The minimum Gasteiger partial charge on any atom is -0.504 e. The lowest BCUT2D eigenvalue weighted by Crippen LogP contribution is -1.99. The molecular weight excluding hydrogens is 224 g/mol. The third-order valence-electron chi connectivity index (χ3n) is 2.39. The number of aryl methyl sites for hydroxylation is 1. The van der Waals surface area contributed by atoms with E-state index in [9.17, 15) is 15.0 Å². The minimum absolute atomic E-state index is 0.120. The van der Waals surface area contributed by atoms with Gasteiger partial charge < -0.3 is 15.3 Å². The predicted molar refractivity (Wildman–Crippen MR) is 58.9 cm³/mol. The fourth-order valence-corrected chi connectivity index (χ4v) is 1.56. The fourth-order valence-electron chi connectivity index (χ4n) is 1.56. The Kier molecular flexibility index (Phi) is 2.47. The fraction of sp³-hybridized carbons (Fsp3) is 0.0909. The normalized spacial score (nSPS) is 10.4. The van der Waals surface area contributed by atoms with Crippen LogP contribution in [-0.4, -0.2) is 31.1 Å². The van der Waals surface area contributed by atoms with Gasteiger partial charge in [0.15, 0.2) is 17.2 Å². The molecule has 0 aliphatic heterocycles. The zero-order valence-corrected chi connectivity index (χ0v) is 8.95. The Bertz CT molecular complexity index is 589. The van der Waals surface area contributed by atoms with Gasteiger partial charge in [-0.15, -0.1) is 0 Å². The van der Waals surface area contributed by atoms with E-state index in [1.807, 2.05) is 0 Å². The highest BCUT2D eigenvalue weighted by Crippen LogP contribution is 2.35. The highest BCUT2D eigenvalue weighted by Gasteiger charge is 2.16. The number of nitrogens with zero attached hydrogens (tertiary/aromatic N) is 2. The number of carboxylic acid groups (broad SMARTS) is 1. The smallest absolute Gasteiger partial charge is 0.356 e. The number of carboxylic acids is 1. The van der Waals surface area contributed by atoms with E-state index < -0.39 is 5.97 Å². The van der Waals surface area contributed by atoms with Crippen molar-refractivity contribution in [2.75, 3.05) is 0 Å². The van der Waals surface area contributed by atoms with Gasteiger partial charge in [0.1, 0.15) is 0 Å². The number of carbonyl (C=O) groups is 1. The number of aromatic hydroxyl groups is 2. The van der Waals surface area contributed by atoms with Crippen molar-refractivity contribution < 1.29 is 20.1 Å². The molecule has 1 heterocycles. The van der Waals surface area contributed by atoms with Crippen molar-refractivity contribution >= 4 is 5.97 Å². The van der Waals surface area contributed by atoms with Crippen LogP contribution in [0.3, 0.4) is 0 Å². The summed E-state index contributed by atoms with van der Waals surface area (Å²) in [6.45, 7) is 0. The van der Waals surface area contributed by atoms with Crippen LogP contribution in [0.25, 0.3) is 11.3 Å². The first-order valence-corrected chi connectivity index (χ1v) is 4.79. The topological polar surface area (TPSA) is 95.6 Å². The van der Waals surface area contributed by atoms with Gasteiger partial charge in [-0.05, 0) is 18.2 Å². The van der Waals surface area contributed by atoms with Crippen LogP contribution in [0.1, 0.15) is 10.5 Å². The Labute approximate surface area is 96.4 Å². The second-order valence-electron chi connectivity index (χ2n) is 3.52. The summed E-state index contributed by atoms with van der Waals surface area (Å²) in [6, 6.07) is 5.79. The number of aromatic nitrogens is 2. The molecule has 3 N–H and O–H groups in total. The van der Waals surface area contributed by atoms with Crippen molar-refractivity contribution in [3.63, 3.8) is 0 Å². The lowest BCUT2D eigenvalue weighted by atomic mass is 10.1. The Morgan fingerprint density at radius 1 is 1.35 bits per heavy atom. The van der Waals surface area contributed by atoms with E-state index >= 15 is 0 Å². The van der Waals surface area contributed by atoms with Crippen molar-refractivity contribution in [3.05, 3.63) is 30.0 Å². The number of aromatic carboxylic acids is 1. The van der Waals surface area contributed by atoms with Crippen molar-refractivity contribution in [1.29, 1.82) is 0 Å². The van der Waals surface area contributed by atoms with Crippen LogP contribution in [-0.2, 0) is 7.05 Å². The van der Waals surface area contributed by atoms with Gasteiger partial charge in [0, 0.05) is 12.6 Å². The van der Waals surface area contributed by atoms with Crippen LogP contribution in [0.15, 0.2) is 24.3 Å². The van der Waals surface area contributed by atoms with E-state index in [1.165, 1.54) is 16.8 Å². The van der Waals surface area contributed by atoms with E-state index in [-0.39, 0.29) is 17.2 Å². The molecule has 0 amide bonds. The largest absolute Gasteiger partial charge is 0.504 e. The molecule has 0 spiro atoms. The molecular formula is C11H10N2O4. The molecule has 0 aliphatic rings. The second-order valence-corrected chi connectivity index (χ2v) is 3.52. The van der Waals surface area contributed by atoms with Gasteiger partial charge >= 0.3 is 5.97 Å². The molecule has 6 nitrogen and oxygen atoms in total. The van der Waals surface area contributed by atoms with Gasteiger partial charge in [-0.1, -0.05) is 6.07 Å². The molecule has 0 radical (unpaired) electrons. The highest BCUT2D eigenvalue weighted by atomic mass is 16.4. The van der Waals surface area contributed by atoms with Gasteiger partial charge in [0.2, 0.25) is 0 Å². The molecule has 88 valence electrons. The summed E-state index contributed by atoms with van der Waals surface area (Å²) in [5, 5.41) is 31.6. The summed E-state index contributed by atoms with van der Waals surface area (Å²) >= 11 is 0. The Balaban J connectivity index is 2.60. The van der Waals surface area contributed by atoms with Crippen LogP contribution < -0.4 is 0 Å². The first kappa shape index (κ1) is 11.0. The van der Waals surface area contributed by atoms with Crippen LogP contribution in [0.5, 0.6) is 11.5 Å². The standard InChI is InChI=1S/C11H10N2O4/c1-13-8(5-7(12-13)11(16)17)6-3-2-4-9(14)10(6)15/h2-5,14-15H,1H3,(H,16,17). The van der Waals surface area contributed by atoms with E-state index in [0.717, 1.165) is 0 Å². The Morgan fingerprint density at radius 3 is 2.65 bits per heavy atom. The zero-order valence-electron chi connectivity index (χ0n) is 8.95. The lowest BCUT2D eigenvalue weighted by molar-refractivity contribution is 0.0689. The van der Waals surface area contributed by atoms with Gasteiger partial charge in [-0.2, -0.15) is 5.10 Å². The maximum atomic E-state index is 10.8. The second kappa shape index (κ2) is 3.82. The first-order valence-electron chi connectivity index (χ1n) is 4.79. The number of hydrogen-bond acceptors (Lipinski definition) is 4. The molecule has 0 atom stereocenters. The number of phenols is 2. The summed E-state index contributed by atoms with van der Waals surface area (Å²) in [7, 11) is 1.56. The SMILES string of the molecule is Cn1nc(C(=O)O)cc1-c1cccc(O)c1O. The molecule has 2 rings (SSSR count). The van der Waals surface area contributed by atoms with Gasteiger partial charge in [-0.25, -0.2) is 4.79 Å². The quantitative estimate of drug-likeness (QED) is 0.678. The summed E-state index contributed by atoms with van der Waals surface area (Å²) in [5.74, 6) is -1.71. The summed E-state index contributed by atoms with van der Waals surface area (Å²) in [5.41, 5.74) is 0.619. The van der Waals surface area contributed by atoms with E-state index in [4.69, 9.17) is 5.11 Å². The van der Waals surface area contributed by atoms with E-state index in [1.54, 1.807) is 19.2 Å². The molecule has 2 aromatic rings. The zero-order chi connectivity index (χ0) is 12.6. The number of rotatable bonds is 2. The van der Waals surface area contributed by atoms with Crippen molar-refractivity contribution in [2.24, 2.45) is 7.05 Å². The number of benzene rings is 1. The van der Waals surface area contributed by atoms with Crippen molar-refractivity contribution in [3.8, 4) is 22.8 Å². The highest BCUT2D eigenvalue weighted by molar-refractivity contribution is 5.87. The van der Waals surface area contributed by atoms with Crippen molar-refractivity contribution in [2.45, 2.75) is 0 Å². The average molecular weight is 234 g/mol. The average Bonchev–Trinajstić information content (AvgIpc) is 2.65. The maximum absolute atomic E-state index is 10.8. The molecule has 17 heavy (non-hydrogen) atoms. The molecule has 0 unspecified atom stereocenters. The van der Waals surface area contributed by atoms with Gasteiger partial charge in [0.25, 0.3) is 0 Å². The van der Waals surface area contributed by atoms with Crippen LogP contribution in [0, 0.1) is 0 Å². The third kappa shape index (κ3) is 1.80. The van der Waals surface area contributed by atoms with Crippen molar-refractivity contribution in [1.82, 2.24) is 9.78 Å². The lowest BCUT2D eigenvalue weighted by Gasteiger charge is -2.05. The monoisotopic (exact) mass is 234 g/mol. The Morgan fingerprint density at radius 2 is 2.06 bits per heavy atom. The number of hydrogen-bond donors (Lipinski definition) is 3. The van der Waals surface area contributed by atoms with Gasteiger partial charge in [-0.3, -0.25) is 4.68 Å². The molecule has 0 saturated heterocycles. The van der Waals surface area contributed by atoms with Crippen LogP contribution in [0.4, 0.5) is 0 Å². The number of phenolic OH excluding ortho intramolecular Hbond substituents is 2. The third-order valence-corrected chi connectivity index (χ3v) is 2.39. The molecule has 1 aromatic carbocycles. The van der Waals surface area contributed by atoms with Crippen LogP contribution in [0.2, 0.25) is 0 Å². The molecule has 6 heteroatoms. The number of para-hydroxylation sites is 1. The summed E-state index contributed by atoms with van der Waals surface area (Å²) in [4.78, 5) is 10.8. The summed E-state index contributed by atoms with van der Waals surface area (Å²) < 4.78 is 1.33. The maximum Gasteiger partial charge on any atom is 0.356 e. The van der Waals surface area contributed by atoms with Gasteiger partial charge in [0.05, 0.1) is 5.69 Å². The summed E-state index contributed by atoms with van der Waals surface area (Å²) in [6.07, 6.45) is 0. The minimum atomic E-state index is -1.15. The molecule has 0 aliphatic carbocycles.